The van der Waals surface area contributed by atoms with Gasteiger partial charge in [0.2, 0.25) is 5.91 Å². The summed E-state index contributed by atoms with van der Waals surface area (Å²) in [4.78, 5) is 29.1. The highest BCUT2D eigenvalue weighted by Gasteiger charge is 2.36. The molecule has 3 heterocycles. The first-order chi connectivity index (χ1) is 15.3. The van der Waals surface area contributed by atoms with Gasteiger partial charge in [0, 0.05) is 42.2 Å². The predicted octanol–water partition coefficient (Wildman–Crippen LogP) is 5.14. The molecule has 1 aliphatic carbocycles. The SMILES string of the molecule is O=C(C1CCC1)N1CCCC[C@@H]1c1nc(Nc2ccccc2)cc(-c2ccncc2)n1. The third-order valence-corrected chi connectivity index (χ3v) is 6.30. The van der Waals surface area contributed by atoms with Gasteiger partial charge in [-0.2, -0.15) is 0 Å². The molecule has 31 heavy (non-hydrogen) atoms. The van der Waals surface area contributed by atoms with Crippen LogP contribution in [-0.4, -0.2) is 32.3 Å². The summed E-state index contributed by atoms with van der Waals surface area (Å²) in [6.45, 7) is 0.796. The van der Waals surface area contributed by atoms with Gasteiger partial charge in [0.25, 0.3) is 0 Å². The lowest BCUT2D eigenvalue weighted by Gasteiger charge is -2.39. The average molecular weight is 414 g/mol. The lowest BCUT2D eigenvalue weighted by atomic mass is 9.83. The number of hydrogen-bond acceptors (Lipinski definition) is 5. The molecule has 0 unspecified atom stereocenters. The van der Waals surface area contributed by atoms with Gasteiger partial charge in [-0.3, -0.25) is 9.78 Å². The van der Waals surface area contributed by atoms with Gasteiger partial charge in [-0.05, 0) is 56.4 Å². The number of pyridine rings is 1. The standard InChI is InChI=1S/C25H27N5O/c31-25(19-7-6-8-19)30-16-5-4-11-22(30)24-28-21(18-12-14-26-15-13-18)17-23(29-24)27-20-9-2-1-3-10-20/h1-3,9-10,12-15,17,19,22H,4-8,11,16H2,(H,27,28,29)/t22-/m1/s1. The molecule has 6 heteroatoms. The minimum absolute atomic E-state index is 0.0695. The summed E-state index contributed by atoms with van der Waals surface area (Å²) in [5.74, 6) is 1.93. The summed E-state index contributed by atoms with van der Waals surface area (Å²) in [5, 5.41) is 3.41. The van der Waals surface area contributed by atoms with E-state index in [2.05, 4.69) is 10.3 Å². The second-order valence-corrected chi connectivity index (χ2v) is 8.39. The Balaban J connectivity index is 1.52. The highest BCUT2D eigenvalue weighted by molar-refractivity contribution is 5.80. The number of nitrogens with one attached hydrogen (secondary N) is 1. The molecule has 0 radical (unpaired) electrons. The van der Waals surface area contributed by atoms with Crippen molar-refractivity contribution in [1.29, 1.82) is 0 Å². The van der Waals surface area contributed by atoms with Crippen LogP contribution in [0.25, 0.3) is 11.3 Å². The Morgan fingerprint density at radius 1 is 0.935 bits per heavy atom. The monoisotopic (exact) mass is 413 g/mol. The van der Waals surface area contributed by atoms with Crippen molar-refractivity contribution in [2.75, 3.05) is 11.9 Å². The van der Waals surface area contributed by atoms with E-state index in [9.17, 15) is 4.79 Å². The highest BCUT2D eigenvalue weighted by atomic mass is 16.2. The van der Waals surface area contributed by atoms with Gasteiger partial charge in [0.15, 0.2) is 5.82 Å². The number of aromatic nitrogens is 3. The van der Waals surface area contributed by atoms with Crippen LogP contribution in [0.15, 0.2) is 60.9 Å². The van der Waals surface area contributed by atoms with Gasteiger partial charge in [0.1, 0.15) is 5.82 Å². The summed E-state index contributed by atoms with van der Waals surface area (Å²) >= 11 is 0. The first-order valence-corrected chi connectivity index (χ1v) is 11.2. The molecule has 1 saturated heterocycles. The van der Waals surface area contributed by atoms with E-state index in [1.54, 1.807) is 12.4 Å². The molecule has 0 spiro atoms. The molecule has 5 rings (SSSR count). The van der Waals surface area contributed by atoms with Crippen molar-refractivity contribution in [3.05, 3.63) is 66.7 Å². The Kier molecular flexibility index (Phi) is 5.61. The second kappa shape index (κ2) is 8.84. The first-order valence-electron chi connectivity index (χ1n) is 11.2. The summed E-state index contributed by atoms with van der Waals surface area (Å²) in [6.07, 6.45) is 9.78. The Bertz CT molecular complexity index is 1040. The van der Waals surface area contributed by atoms with Gasteiger partial charge in [-0.25, -0.2) is 9.97 Å². The molecule has 1 amide bonds. The maximum Gasteiger partial charge on any atom is 0.226 e. The van der Waals surface area contributed by atoms with Crippen LogP contribution in [0.3, 0.4) is 0 Å². The average Bonchev–Trinajstić information content (AvgIpc) is 2.79. The van der Waals surface area contributed by atoms with Crippen LogP contribution in [0.4, 0.5) is 11.5 Å². The number of likely N-dealkylation sites (tertiary alicyclic amines) is 1. The number of benzene rings is 1. The minimum Gasteiger partial charge on any atom is -0.340 e. The van der Waals surface area contributed by atoms with E-state index >= 15 is 0 Å². The fourth-order valence-electron chi connectivity index (χ4n) is 4.37. The number of carbonyl (C=O) groups is 1. The van der Waals surface area contributed by atoms with E-state index in [0.29, 0.717) is 0 Å². The molecule has 3 aromatic rings. The molecule has 2 aliphatic rings. The predicted molar refractivity (Wildman–Crippen MR) is 121 cm³/mol. The van der Waals surface area contributed by atoms with Crippen molar-refractivity contribution in [2.45, 2.75) is 44.6 Å². The van der Waals surface area contributed by atoms with Crippen molar-refractivity contribution in [1.82, 2.24) is 19.9 Å². The maximum absolute atomic E-state index is 13.1. The molecular weight excluding hydrogens is 386 g/mol. The van der Waals surface area contributed by atoms with Crippen LogP contribution in [0.2, 0.25) is 0 Å². The fraction of sp³-hybridized carbons (Fsp3) is 0.360. The van der Waals surface area contributed by atoms with Crippen LogP contribution in [0, 0.1) is 5.92 Å². The summed E-state index contributed by atoms with van der Waals surface area (Å²) in [6, 6.07) is 15.8. The van der Waals surface area contributed by atoms with E-state index in [-0.39, 0.29) is 17.9 Å². The van der Waals surface area contributed by atoms with Gasteiger partial charge in [-0.15, -0.1) is 0 Å². The topological polar surface area (TPSA) is 71.0 Å². The maximum atomic E-state index is 13.1. The fourth-order valence-corrected chi connectivity index (χ4v) is 4.37. The molecule has 1 atom stereocenters. The zero-order chi connectivity index (χ0) is 21.0. The van der Waals surface area contributed by atoms with Gasteiger partial charge in [-0.1, -0.05) is 24.6 Å². The number of piperidine rings is 1. The van der Waals surface area contributed by atoms with Crippen molar-refractivity contribution >= 4 is 17.4 Å². The van der Waals surface area contributed by atoms with Crippen molar-refractivity contribution < 1.29 is 4.79 Å². The first kappa shape index (κ1) is 19.7. The van der Waals surface area contributed by atoms with Crippen molar-refractivity contribution in [3.8, 4) is 11.3 Å². The van der Waals surface area contributed by atoms with Gasteiger partial charge >= 0.3 is 0 Å². The molecule has 2 aromatic heterocycles. The summed E-state index contributed by atoms with van der Waals surface area (Å²) < 4.78 is 0. The van der Waals surface area contributed by atoms with Crippen LogP contribution in [0.1, 0.15) is 50.4 Å². The van der Waals surface area contributed by atoms with Gasteiger partial charge < -0.3 is 10.2 Å². The molecule has 1 aliphatic heterocycles. The number of rotatable bonds is 5. The smallest absolute Gasteiger partial charge is 0.226 e. The van der Waals surface area contributed by atoms with E-state index in [4.69, 9.17) is 9.97 Å². The van der Waals surface area contributed by atoms with Crippen LogP contribution >= 0.6 is 0 Å². The van der Waals surface area contributed by atoms with E-state index in [1.165, 1.54) is 0 Å². The Morgan fingerprint density at radius 2 is 1.74 bits per heavy atom. The quantitative estimate of drug-likeness (QED) is 0.627. The van der Waals surface area contributed by atoms with E-state index in [1.807, 2.05) is 53.4 Å². The normalized spacial score (nSPS) is 19.0. The Labute approximate surface area is 182 Å². The van der Waals surface area contributed by atoms with Crippen LogP contribution < -0.4 is 5.32 Å². The summed E-state index contributed by atoms with van der Waals surface area (Å²) in [7, 11) is 0. The zero-order valence-corrected chi connectivity index (χ0v) is 17.6. The van der Waals surface area contributed by atoms with E-state index in [0.717, 1.165) is 73.7 Å². The number of para-hydroxylation sites is 1. The van der Waals surface area contributed by atoms with E-state index < -0.39 is 0 Å². The number of anilines is 2. The zero-order valence-electron chi connectivity index (χ0n) is 17.6. The third kappa shape index (κ3) is 4.29. The largest absolute Gasteiger partial charge is 0.340 e. The molecule has 158 valence electrons. The molecule has 1 saturated carbocycles. The molecule has 6 nitrogen and oxygen atoms in total. The summed E-state index contributed by atoms with van der Waals surface area (Å²) in [5.41, 5.74) is 2.80. The van der Waals surface area contributed by atoms with Gasteiger partial charge in [0.05, 0.1) is 11.7 Å². The van der Waals surface area contributed by atoms with Crippen molar-refractivity contribution in [3.63, 3.8) is 0 Å². The van der Waals surface area contributed by atoms with Crippen LogP contribution in [-0.2, 0) is 4.79 Å². The Hall–Kier alpha value is -3.28. The van der Waals surface area contributed by atoms with Crippen LogP contribution in [0.5, 0.6) is 0 Å². The molecular formula is C25H27N5O. The lowest BCUT2D eigenvalue weighted by Crippen LogP contribution is -2.44. The lowest BCUT2D eigenvalue weighted by molar-refractivity contribution is -0.142. The number of nitrogens with zero attached hydrogens (tertiary/aromatic N) is 4. The number of hydrogen-bond donors (Lipinski definition) is 1. The second-order valence-electron chi connectivity index (χ2n) is 8.39. The molecule has 2 fully saturated rings. The van der Waals surface area contributed by atoms with Crippen molar-refractivity contribution in [2.24, 2.45) is 5.92 Å². The molecule has 1 aromatic carbocycles. The molecule has 1 N–H and O–H groups in total. The molecule has 0 bridgehead atoms. The number of amides is 1. The highest BCUT2D eigenvalue weighted by Crippen LogP contribution is 2.36. The number of carbonyl (C=O) groups excluding carboxylic acids is 1. The minimum atomic E-state index is -0.0695. The third-order valence-electron chi connectivity index (χ3n) is 6.30. The Morgan fingerprint density at radius 3 is 2.48 bits per heavy atom.